The maximum Gasteiger partial charge on any atom is 0.269 e. The molecule has 0 spiro atoms. The summed E-state index contributed by atoms with van der Waals surface area (Å²) in [5.74, 6) is -0.936. The van der Waals surface area contributed by atoms with Crippen LogP contribution < -0.4 is 30.5 Å². The number of ether oxygens (including phenoxy) is 2. The lowest BCUT2D eigenvalue weighted by atomic mass is 10.1. The van der Waals surface area contributed by atoms with E-state index < -0.39 is 11.8 Å². The van der Waals surface area contributed by atoms with Gasteiger partial charge in [-0.15, -0.1) is 0 Å². The highest BCUT2D eigenvalue weighted by atomic mass is 16.5. The second kappa shape index (κ2) is 9.61. The van der Waals surface area contributed by atoms with Crippen LogP contribution in [0.5, 0.6) is 11.5 Å². The van der Waals surface area contributed by atoms with E-state index in [1.165, 1.54) is 31.3 Å². The van der Waals surface area contributed by atoms with Gasteiger partial charge in [-0.05, 0) is 30.3 Å². The number of benzene rings is 2. The summed E-state index contributed by atoms with van der Waals surface area (Å²) in [6.45, 7) is -0.118. The van der Waals surface area contributed by atoms with Crippen molar-refractivity contribution in [2.24, 2.45) is 0 Å². The quantitative estimate of drug-likeness (QED) is 0.597. The van der Waals surface area contributed by atoms with E-state index in [4.69, 9.17) is 9.47 Å². The first-order chi connectivity index (χ1) is 14.9. The molecule has 0 unspecified atom stereocenters. The molecule has 1 aliphatic heterocycles. The fourth-order valence-corrected chi connectivity index (χ4v) is 3.05. The zero-order valence-corrected chi connectivity index (χ0v) is 17.1. The van der Waals surface area contributed by atoms with Crippen molar-refractivity contribution < 1.29 is 28.7 Å². The number of fused-ring (bicyclic) bond motifs is 1. The Balaban J connectivity index is 1.52. The van der Waals surface area contributed by atoms with Crippen LogP contribution in [-0.2, 0) is 14.4 Å². The Morgan fingerprint density at radius 2 is 1.74 bits per heavy atom. The molecule has 0 bridgehead atoms. The molecule has 1 aliphatic rings. The van der Waals surface area contributed by atoms with Gasteiger partial charge in [-0.2, -0.15) is 0 Å². The van der Waals surface area contributed by atoms with Crippen LogP contribution >= 0.6 is 0 Å². The molecule has 2 aromatic carbocycles. The summed E-state index contributed by atoms with van der Waals surface area (Å²) >= 11 is 0. The molecule has 3 N–H and O–H groups in total. The molecule has 1 heterocycles. The van der Waals surface area contributed by atoms with Crippen molar-refractivity contribution in [3.05, 3.63) is 48.0 Å². The molecule has 0 aliphatic carbocycles. The van der Waals surface area contributed by atoms with E-state index in [0.29, 0.717) is 22.9 Å². The van der Waals surface area contributed by atoms with Gasteiger partial charge < -0.3 is 19.7 Å². The van der Waals surface area contributed by atoms with Gasteiger partial charge >= 0.3 is 0 Å². The lowest BCUT2D eigenvalue weighted by Crippen LogP contribution is -2.44. The molecule has 0 aromatic heterocycles. The van der Waals surface area contributed by atoms with Crippen molar-refractivity contribution in [3.8, 4) is 11.5 Å². The first-order valence-electron chi connectivity index (χ1n) is 9.43. The number of carbonyl (C=O) groups is 4. The fraction of sp³-hybridized carbons (Fsp3) is 0.238. The van der Waals surface area contributed by atoms with Gasteiger partial charge in [0.2, 0.25) is 17.7 Å². The van der Waals surface area contributed by atoms with Crippen LogP contribution in [0.2, 0.25) is 0 Å². The van der Waals surface area contributed by atoms with Crippen LogP contribution in [0.4, 0.5) is 11.4 Å². The Labute approximate surface area is 178 Å². The molecule has 3 rings (SSSR count). The summed E-state index contributed by atoms with van der Waals surface area (Å²) in [7, 11) is 2.93. The third-order valence-electron chi connectivity index (χ3n) is 4.60. The minimum Gasteiger partial charge on any atom is -0.493 e. The van der Waals surface area contributed by atoms with Crippen LogP contribution in [0.1, 0.15) is 23.2 Å². The highest BCUT2D eigenvalue weighted by molar-refractivity contribution is 6.10. The number of methoxy groups -OCH3 is 2. The normalized spacial score (nSPS) is 12.3. The van der Waals surface area contributed by atoms with Gasteiger partial charge in [-0.1, -0.05) is 12.1 Å². The Morgan fingerprint density at radius 3 is 2.48 bits per heavy atom. The van der Waals surface area contributed by atoms with Gasteiger partial charge in [-0.25, -0.2) is 0 Å². The summed E-state index contributed by atoms with van der Waals surface area (Å²) in [4.78, 5) is 50.0. The van der Waals surface area contributed by atoms with Crippen LogP contribution in [0.15, 0.2) is 42.5 Å². The zero-order chi connectivity index (χ0) is 22.4. The number of nitrogens with one attached hydrogen (secondary N) is 3. The summed E-state index contributed by atoms with van der Waals surface area (Å²) in [6.07, 6.45) is -0.287. The summed E-state index contributed by atoms with van der Waals surface area (Å²) in [6, 6.07) is 11.5. The van der Waals surface area contributed by atoms with Gasteiger partial charge in [-0.3, -0.25) is 30.0 Å². The van der Waals surface area contributed by atoms with E-state index in [1.54, 1.807) is 30.3 Å². The standard InChI is InChI=1S/C21H22N4O6/c1-30-16-8-7-13(11-17(16)31-2)21(29)24-23-18(26)9-10-20(28)25-12-19(27)22-14-5-3-4-6-15(14)25/h3-8,11H,9-10,12H2,1-2H3,(H,22,27)(H,23,26)(H,24,29). The zero-order valence-electron chi connectivity index (χ0n) is 17.1. The van der Waals surface area contributed by atoms with Crippen LogP contribution in [0, 0.1) is 0 Å². The summed E-state index contributed by atoms with van der Waals surface area (Å²) in [5.41, 5.74) is 5.94. The lowest BCUT2D eigenvalue weighted by molar-refractivity contribution is -0.126. The Kier molecular flexibility index (Phi) is 6.71. The number of rotatable bonds is 6. The van der Waals surface area contributed by atoms with E-state index in [9.17, 15) is 19.2 Å². The van der Waals surface area contributed by atoms with Gasteiger partial charge in [0.15, 0.2) is 11.5 Å². The van der Waals surface area contributed by atoms with Crippen molar-refractivity contribution in [1.29, 1.82) is 0 Å². The van der Waals surface area contributed by atoms with Crippen LogP contribution in [0.25, 0.3) is 0 Å². The van der Waals surface area contributed by atoms with E-state index in [-0.39, 0.29) is 36.8 Å². The van der Waals surface area contributed by atoms with Crippen LogP contribution in [-0.4, -0.2) is 44.4 Å². The van der Waals surface area contributed by atoms with Crippen LogP contribution in [0.3, 0.4) is 0 Å². The van der Waals surface area contributed by atoms with E-state index in [1.807, 2.05) is 0 Å². The summed E-state index contributed by atoms with van der Waals surface area (Å²) < 4.78 is 10.3. The predicted molar refractivity (Wildman–Crippen MR) is 112 cm³/mol. The highest BCUT2D eigenvalue weighted by Gasteiger charge is 2.26. The second-order valence-corrected chi connectivity index (χ2v) is 6.62. The third kappa shape index (κ3) is 5.10. The Hall–Kier alpha value is -4.08. The monoisotopic (exact) mass is 426 g/mol. The third-order valence-corrected chi connectivity index (χ3v) is 4.60. The first kappa shape index (κ1) is 21.6. The van der Waals surface area contributed by atoms with E-state index in [0.717, 1.165) is 0 Å². The van der Waals surface area contributed by atoms with E-state index in [2.05, 4.69) is 16.2 Å². The van der Waals surface area contributed by atoms with Gasteiger partial charge in [0, 0.05) is 18.4 Å². The largest absolute Gasteiger partial charge is 0.493 e. The molecule has 0 fully saturated rings. The van der Waals surface area contributed by atoms with Gasteiger partial charge in [0.25, 0.3) is 5.91 Å². The van der Waals surface area contributed by atoms with Gasteiger partial charge in [0.05, 0.1) is 25.6 Å². The average molecular weight is 426 g/mol. The smallest absolute Gasteiger partial charge is 0.269 e. The molecular formula is C21H22N4O6. The molecule has 0 saturated carbocycles. The molecular weight excluding hydrogens is 404 g/mol. The molecule has 31 heavy (non-hydrogen) atoms. The minimum atomic E-state index is -0.553. The molecule has 0 saturated heterocycles. The SMILES string of the molecule is COc1ccc(C(=O)NNC(=O)CCC(=O)N2CC(=O)Nc3ccccc32)cc1OC. The van der Waals surface area contributed by atoms with Crippen molar-refractivity contribution in [2.75, 3.05) is 31.0 Å². The lowest BCUT2D eigenvalue weighted by Gasteiger charge is -2.29. The van der Waals surface area contributed by atoms with Gasteiger partial charge in [0.1, 0.15) is 6.54 Å². The van der Waals surface area contributed by atoms with Crippen molar-refractivity contribution in [3.63, 3.8) is 0 Å². The number of hydrazine groups is 1. The van der Waals surface area contributed by atoms with E-state index >= 15 is 0 Å². The number of carbonyl (C=O) groups excluding carboxylic acids is 4. The molecule has 2 aromatic rings. The maximum absolute atomic E-state index is 12.6. The molecule has 4 amide bonds. The molecule has 10 heteroatoms. The first-order valence-corrected chi connectivity index (χ1v) is 9.43. The number of hydrogen-bond donors (Lipinski definition) is 3. The van der Waals surface area contributed by atoms with Crippen molar-refractivity contribution in [2.45, 2.75) is 12.8 Å². The minimum absolute atomic E-state index is 0.118. The molecule has 0 atom stereocenters. The number of anilines is 2. The number of para-hydroxylation sites is 2. The average Bonchev–Trinajstić information content (AvgIpc) is 2.79. The number of hydrogen-bond acceptors (Lipinski definition) is 6. The van der Waals surface area contributed by atoms with Crippen molar-refractivity contribution in [1.82, 2.24) is 10.9 Å². The maximum atomic E-state index is 12.6. The number of nitrogens with zero attached hydrogens (tertiary/aromatic N) is 1. The fourth-order valence-electron chi connectivity index (χ4n) is 3.05. The Morgan fingerprint density at radius 1 is 1.00 bits per heavy atom. The summed E-state index contributed by atoms with van der Waals surface area (Å²) in [5, 5.41) is 2.70. The molecule has 162 valence electrons. The Bertz CT molecular complexity index is 1020. The second-order valence-electron chi connectivity index (χ2n) is 6.62. The molecule has 0 radical (unpaired) electrons. The molecule has 10 nitrogen and oxygen atoms in total. The number of amides is 4. The van der Waals surface area contributed by atoms with Crippen molar-refractivity contribution >= 4 is 35.0 Å². The predicted octanol–water partition coefficient (Wildman–Crippen LogP) is 1.23. The topological polar surface area (TPSA) is 126 Å². The highest BCUT2D eigenvalue weighted by Crippen LogP contribution is 2.29.